The van der Waals surface area contributed by atoms with Crippen molar-refractivity contribution in [2.24, 2.45) is 0 Å². The number of nitrogens with one attached hydrogen (secondary N) is 4. The van der Waals surface area contributed by atoms with Gasteiger partial charge in [-0.1, -0.05) is 12.1 Å². The van der Waals surface area contributed by atoms with Crippen LogP contribution in [0, 0.1) is 0 Å². The van der Waals surface area contributed by atoms with Gasteiger partial charge in [-0.2, -0.15) is 4.98 Å². The maximum atomic E-state index is 12.8. The molecule has 0 aliphatic carbocycles. The van der Waals surface area contributed by atoms with E-state index in [1.165, 1.54) is 0 Å². The molecule has 0 saturated carbocycles. The molecule has 0 bridgehead atoms. The van der Waals surface area contributed by atoms with E-state index in [1.807, 2.05) is 0 Å². The number of fused-ring (bicyclic) bond motifs is 1. The summed E-state index contributed by atoms with van der Waals surface area (Å²) in [4.78, 5) is 58.2. The fourth-order valence-electron chi connectivity index (χ4n) is 3.81. The predicted octanol–water partition coefficient (Wildman–Crippen LogP) is -1.59. The summed E-state index contributed by atoms with van der Waals surface area (Å²) in [6.07, 6.45) is 2.07. The van der Waals surface area contributed by atoms with Crippen LogP contribution < -0.4 is 21.9 Å². The molecule has 0 radical (unpaired) electrons. The normalized spacial score (nSPS) is 12.3. The lowest BCUT2D eigenvalue weighted by atomic mass is 10.0. The molecule has 2 amide bonds. The number of amides is 2. The van der Waals surface area contributed by atoms with Gasteiger partial charge in [0.25, 0.3) is 11.5 Å². The molecule has 0 fully saturated rings. The minimum absolute atomic E-state index is 0.0157. The van der Waals surface area contributed by atoms with Crippen LogP contribution >= 0.6 is 0 Å². The van der Waals surface area contributed by atoms with Crippen molar-refractivity contribution >= 4 is 34.8 Å². The summed E-state index contributed by atoms with van der Waals surface area (Å²) in [5.41, 5.74) is 5.72. The maximum Gasteiger partial charge on any atom is 0.303 e. The van der Waals surface area contributed by atoms with Gasteiger partial charge in [0.05, 0.1) is 25.2 Å². The van der Waals surface area contributed by atoms with Gasteiger partial charge in [0.1, 0.15) is 17.2 Å². The van der Waals surface area contributed by atoms with Gasteiger partial charge in [-0.3, -0.25) is 24.2 Å². The zero-order valence-electron chi connectivity index (χ0n) is 20.4. The first-order valence-corrected chi connectivity index (χ1v) is 11.7. The number of nitrogens with two attached hydrogens (primary N) is 1. The molecule has 0 aliphatic rings. The average Bonchev–Trinajstić information content (AvgIpc) is 3.31. The third-order valence-corrected chi connectivity index (χ3v) is 6.11. The van der Waals surface area contributed by atoms with Crippen molar-refractivity contribution in [1.29, 1.82) is 0 Å². The van der Waals surface area contributed by atoms with Gasteiger partial charge in [-0.25, -0.2) is 0 Å². The minimum Gasteiger partial charge on any atom is -0.481 e. The van der Waals surface area contributed by atoms with E-state index in [1.54, 1.807) is 30.5 Å². The third kappa shape index (κ3) is 6.73. The second kappa shape index (κ2) is 12.3. The highest BCUT2D eigenvalue weighted by molar-refractivity contribution is 5.97. The van der Waals surface area contributed by atoms with Crippen molar-refractivity contribution in [1.82, 2.24) is 25.6 Å². The number of benzene rings is 1. The number of rotatable bonds is 13. The molecule has 0 aliphatic heterocycles. The quantitative estimate of drug-likeness (QED) is 0.123. The standard InChI is InChI=1S/C24H30N6O8/c25-23-28-19-18(22(38)29-23)15(9-26-19)6-3-13-1-4-14(5-2-13)20(36)27-16(7-8-17(34)35)21(37)30-24(10-31,11-32)12-33/h1-2,4-5,9,16,31-33H,3,6-8,10-12H2,(H,27,36)(H,30,37)(H,34,35)(H4,25,26,28,29,38)/t16-/m0/s1. The molecule has 0 unspecified atom stereocenters. The second-order valence-corrected chi connectivity index (χ2v) is 8.89. The fourth-order valence-corrected chi connectivity index (χ4v) is 3.81. The number of carboxylic acid groups (broad SMARTS) is 1. The van der Waals surface area contributed by atoms with Crippen LogP contribution in [0.1, 0.15) is 34.3 Å². The van der Waals surface area contributed by atoms with E-state index in [0.29, 0.717) is 23.9 Å². The van der Waals surface area contributed by atoms with Crippen molar-refractivity contribution in [2.75, 3.05) is 25.6 Å². The zero-order valence-corrected chi connectivity index (χ0v) is 20.4. The number of carboxylic acids is 1. The Morgan fingerprint density at radius 1 is 1.05 bits per heavy atom. The van der Waals surface area contributed by atoms with Crippen LogP contribution in [0.4, 0.5) is 5.95 Å². The van der Waals surface area contributed by atoms with Crippen LogP contribution in [0.3, 0.4) is 0 Å². The molecule has 0 saturated heterocycles. The molecule has 38 heavy (non-hydrogen) atoms. The highest BCUT2D eigenvalue weighted by Crippen LogP contribution is 2.16. The first-order chi connectivity index (χ1) is 18.1. The van der Waals surface area contributed by atoms with E-state index in [0.717, 1.165) is 11.1 Å². The number of hydrogen-bond donors (Lipinski definition) is 9. The van der Waals surface area contributed by atoms with Crippen LogP contribution in [0.5, 0.6) is 0 Å². The summed E-state index contributed by atoms with van der Waals surface area (Å²) >= 11 is 0. The topological polar surface area (TPSA) is 244 Å². The van der Waals surface area contributed by atoms with E-state index in [9.17, 15) is 34.5 Å². The number of carbonyl (C=O) groups is 3. The molecule has 2 aromatic heterocycles. The molecule has 1 atom stereocenters. The number of hydrogen-bond acceptors (Lipinski definition) is 9. The van der Waals surface area contributed by atoms with E-state index in [-0.39, 0.29) is 23.5 Å². The van der Waals surface area contributed by atoms with Crippen molar-refractivity contribution in [3.8, 4) is 0 Å². The molecule has 3 rings (SSSR count). The number of aliphatic hydroxyl groups is 3. The van der Waals surface area contributed by atoms with Crippen LogP contribution in [-0.4, -0.2) is 84.6 Å². The van der Waals surface area contributed by atoms with E-state index in [4.69, 9.17) is 10.8 Å². The van der Waals surface area contributed by atoms with Crippen molar-refractivity contribution in [2.45, 2.75) is 37.3 Å². The number of H-pyrrole nitrogens is 2. The Kier molecular flexibility index (Phi) is 9.17. The van der Waals surface area contributed by atoms with Gasteiger partial charge in [-0.15, -0.1) is 0 Å². The van der Waals surface area contributed by atoms with Crippen LogP contribution in [0.2, 0.25) is 0 Å². The monoisotopic (exact) mass is 530 g/mol. The molecule has 204 valence electrons. The molecule has 2 heterocycles. The Labute approximate surface area is 215 Å². The summed E-state index contributed by atoms with van der Waals surface area (Å²) in [5, 5.41) is 42.5. The largest absolute Gasteiger partial charge is 0.481 e. The van der Waals surface area contributed by atoms with Crippen molar-refractivity contribution < 1.29 is 34.8 Å². The lowest BCUT2D eigenvalue weighted by Gasteiger charge is -2.31. The fraction of sp³-hybridized carbons (Fsp3) is 0.375. The number of carbonyl (C=O) groups excluding carboxylic acids is 2. The summed E-state index contributed by atoms with van der Waals surface area (Å²) in [5.74, 6) is -2.67. The Bertz CT molecular complexity index is 1340. The van der Waals surface area contributed by atoms with Gasteiger partial charge >= 0.3 is 5.97 Å². The number of anilines is 1. The van der Waals surface area contributed by atoms with E-state index in [2.05, 4.69) is 25.6 Å². The SMILES string of the molecule is Nc1nc2[nH]cc(CCc3ccc(C(=O)N[C@@H](CCC(=O)O)C(=O)NC(CO)(CO)CO)cc3)c2c(=O)[nH]1. The van der Waals surface area contributed by atoms with Crippen molar-refractivity contribution in [3.05, 3.63) is 57.5 Å². The molecule has 14 nitrogen and oxygen atoms in total. The number of aliphatic hydroxyl groups excluding tert-OH is 3. The van der Waals surface area contributed by atoms with Crippen molar-refractivity contribution in [3.63, 3.8) is 0 Å². The van der Waals surface area contributed by atoms with Crippen LogP contribution in [-0.2, 0) is 22.4 Å². The summed E-state index contributed by atoms with van der Waals surface area (Å²) < 4.78 is 0. The first kappa shape index (κ1) is 28.3. The highest BCUT2D eigenvalue weighted by atomic mass is 16.4. The molecule has 0 spiro atoms. The molecular weight excluding hydrogens is 500 g/mol. The summed E-state index contributed by atoms with van der Waals surface area (Å²) in [6.45, 7) is -2.32. The summed E-state index contributed by atoms with van der Waals surface area (Å²) in [6, 6.07) is 5.21. The Hall–Kier alpha value is -4.27. The van der Waals surface area contributed by atoms with Gasteiger partial charge < -0.3 is 41.8 Å². The first-order valence-electron chi connectivity index (χ1n) is 11.7. The Morgan fingerprint density at radius 2 is 1.71 bits per heavy atom. The van der Waals surface area contributed by atoms with E-state index >= 15 is 0 Å². The number of aliphatic carboxylic acids is 1. The number of aromatic amines is 2. The number of nitrogen functional groups attached to an aromatic ring is 1. The number of nitrogens with zero attached hydrogens (tertiary/aromatic N) is 1. The lowest BCUT2D eigenvalue weighted by molar-refractivity contribution is -0.137. The molecule has 10 N–H and O–H groups in total. The Morgan fingerprint density at radius 3 is 2.32 bits per heavy atom. The third-order valence-electron chi connectivity index (χ3n) is 6.11. The number of aryl methyl sites for hydroxylation is 2. The Balaban J connectivity index is 1.67. The summed E-state index contributed by atoms with van der Waals surface area (Å²) in [7, 11) is 0. The van der Waals surface area contributed by atoms with Crippen LogP contribution in [0.15, 0.2) is 35.3 Å². The second-order valence-electron chi connectivity index (χ2n) is 8.89. The lowest BCUT2D eigenvalue weighted by Crippen LogP contribution is -2.61. The highest BCUT2D eigenvalue weighted by Gasteiger charge is 2.33. The molecule has 3 aromatic rings. The maximum absolute atomic E-state index is 12.8. The molecule has 14 heteroatoms. The molecule has 1 aromatic carbocycles. The minimum atomic E-state index is -1.73. The number of aromatic nitrogens is 3. The molecular formula is C24H30N6O8. The smallest absolute Gasteiger partial charge is 0.303 e. The van der Waals surface area contributed by atoms with Gasteiger partial charge in [0, 0.05) is 18.2 Å². The predicted molar refractivity (Wildman–Crippen MR) is 135 cm³/mol. The van der Waals surface area contributed by atoms with E-state index < -0.39 is 55.6 Å². The van der Waals surface area contributed by atoms with Gasteiger partial charge in [0.15, 0.2) is 0 Å². The van der Waals surface area contributed by atoms with Gasteiger partial charge in [0.2, 0.25) is 11.9 Å². The van der Waals surface area contributed by atoms with Crippen LogP contribution in [0.25, 0.3) is 11.0 Å². The van der Waals surface area contributed by atoms with Gasteiger partial charge in [-0.05, 0) is 42.5 Å². The zero-order chi connectivity index (χ0) is 27.9. The average molecular weight is 531 g/mol.